The van der Waals surface area contributed by atoms with Gasteiger partial charge in [-0.3, -0.25) is 9.59 Å². The highest BCUT2D eigenvalue weighted by atomic mass is 16.4. The monoisotopic (exact) mass is 256 g/mol. The normalized spacial score (nSPS) is 20.2. The van der Waals surface area contributed by atoms with Gasteiger partial charge in [-0.25, -0.2) is 0 Å². The lowest BCUT2D eigenvalue weighted by molar-refractivity contribution is -0.140. The zero-order chi connectivity index (χ0) is 13.5. The molecule has 1 atom stereocenters. The molecule has 1 amide bonds. The Morgan fingerprint density at radius 1 is 1.28 bits per heavy atom. The fourth-order valence-electron chi connectivity index (χ4n) is 2.38. The zero-order valence-electron chi connectivity index (χ0n) is 11.4. The van der Waals surface area contributed by atoms with Crippen LogP contribution in [0, 0.1) is 0 Å². The summed E-state index contributed by atoms with van der Waals surface area (Å²) in [6.07, 6.45) is 4.35. The van der Waals surface area contributed by atoms with Gasteiger partial charge in [0.15, 0.2) is 0 Å². The van der Waals surface area contributed by atoms with Gasteiger partial charge in [0, 0.05) is 32.0 Å². The van der Waals surface area contributed by atoms with Crippen molar-refractivity contribution >= 4 is 11.9 Å². The average molecular weight is 256 g/mol. The highest BCUT2D eigenvalue weighted by Crippen LogP contribution is 2.21. The van der Waals surface area contributed by atoms with E-state index in [2.05, 4.69) is 0 Å². The molecular formula is C13H24N2O3. The minimum absolute atomic E-state index is 0.129. The van der Waals surface area contributed by atoms with E-state index in [0.29, 0.717) is 12.8 Å². The molecule has 0 spiro atoms. The first-order valence-electron chi connectivity index (χ1n) is 6.66. The van der Waals surface area contributed by atoms with Gasteiger partial charge in [-0.15, -0.1) is 0 Å². The van der Waals surface area contributed by atoms with Crippen LogP contribution in [-0.2, 0) is 9.59 Å². The zero-order valence-corrected chi connectivity index (χ0v) is 11.4. The van der Waals surface area contributed by atoms with E-state index < -0.39 is 5.97 Å². The lowest BCUT2D eigenvalue weighted by Gasteiger charge is -2.36. The number of piperidine rings is 1. The van der Waals surface area contributed by atoms with Gasteiger partial charge in [-0.05, 0) is 39.8 Å². The van der Waals surface area contributed by atoms with Crippen LogP contribution in [0.1, 0.15) is 38.5 Å². The van der Waals surface area contributed by atoms with Crippen molar-refractivity contribution in [2.45, 2.75) is 44.6 Å². The highest BCUT2D eigenvalue weighted by Gasteiger charge is 2.26. The summed E-state index contributed by atoms with van der Waals surface area (Å²) < 4.78 is 0. The number of carbonyl (C=O) groups excluding carboxylic acids is 1. The fraction of sp³-hybridized carbons (Fsp3) is 0.846. The third-order valence-electron chi connectivity index (χ3n) is 3.41. The van der Waals surface area contributed by atoms with E-state index in [4.69, 9.17) is 5.11 Å². The van der Waals surface area contributed by atoms with Crippen LogP contribution >= 0.6 is 0 Å². The number of nitrogens with zero attached hydrogens (tertiary/aromatic N) is 2. The summed E-state index contributed by atoms with van der Waals surface area (Å²) >= 11 is 0. The Balaban J connectivity index is 2.47. The molecular weight excluding hydrogens is 232 g/mol. The summed E-state index contributed by atoms with van der Waals surface area (Å²) in [6, 6.07) is 0.129. The second-order valence-electron chi connectivity index (χ2n) is 5.22. The summed E-state index contributed by atoms with van der Waals surface area (Å²) in [6.45, 7) is 1.54. The Hall–Kier alpha value is -1.10. The molecule has 1 aliphatic rings. The predicted octanol–water partition coefficient (Wildman–Crippen LogP) is 1.18. The van der Waals surface area contributed by atoms with Crippen molar-refractivity contribution < 1.29 is 14.7 Å². The number of hydrogen-bond acceptors (Lipinski definition) is 3. The number of likely N-dealkylation sites (tertiary alicyclic amines) is 1. The van der Waals surface area contributed by atoms with Crippen molar-refractivity contribution in [3.63, 3.8) is 0 Å². The largest absolute Gasteiger partial charge is 0.481 e. The van der Waals surface area contributed by atoms with Crippen LogP contribution in [0.5, 0.6) is 0 Å². The standard InChI is InChI=1S/C13H24N2O3/c1-14(2)10-8-12(16)15-9-4-3-5-11(15)6-7-13(17)18/h11H,3-10H2,1-2H3,(H,17,18). The second kappa shape index (κ2) is 7.36. The minimum atomic E-state index is -0.777. The van der Waals surface area contributed by atoms with Crippen molar-refractivity contribution in [3.8, 4) is 0 Å². The van der Waals surface area contributed by atoms with Crippen LogP contribution in [0.3, 0.4) is 0 Å². The molecule has 1 fully saturated rings. The minimum Gasteiger partial charge on any atom is -0.481 e. The summed E-state index contributed by atoms with van der Waals surface area (Å²) in [7, 11) is 3.90. The Morgan fingerprint density at radius 3 is 2.61 bits per heavy atom. The average Bonchev–Trinajstić information content (AvgIpc) is 2.33. The molecule has 5 nitrogen and oxygen atoms in total. The van der Waals surface area contributed by atoms with Crippen LogP contribution in [0.2, 0.25) is 0 Å². The van der Waals surface area contributed by atoms with E-state index in [1.54, 1.807) is 0 Å². The van der Waals surface area contributed by atoms with Gasteiger partial charge in [-0.1, -0.05) is 0 Å². The van der Waals surface area contributed by atoms with E-state index in [1.807, 2.05) is 23.9 Å². The van der Waals surface area contributed by atoms with Crippen molar-refractivity contribution in [2.75, 3.05) is 27.2 Å². The quantitative estimate of drug-likeness (QED) is 0.775. The molecule has 0 bridgehead atoms. The summed E-state index contributed by atoms with van der Waals surface area (Å²) in [5, 5.41) is 8.74. The first-order chi connectivity index (χ1) is 8.50. The molecule has 5 heteroatoms. The van der Waals surface area contributed by atoms with Crippen LogP contribution in [-0.4, -0.2) is 60.0 Å². The number of carbonyl (C=O) groups is 2. The molecule has 1 rings (SSSR count). The van der Waals surface area contributed by atoms with E-state index in [1.165, 1.54) is 0 Å². The second-order valence-corrected chi connectivity index (χ2v) is 5.22. The first kappa shape index (κ1) is 15.0. The third kappa shape index (κ3) is 5.04. The van der Waals surface area contributed by atoms with E-state index in [-0.39, 0.29) is 18.4 Å². The van der Waals surface area contributed by atoms with E-state index >= 15 is 0 Å². The summed E-state index contributed by atoms with van der Waals surface area (Å²) in [4.78, 5) is 26.6. The maximum absolute atomic E-state index is 12.1. The molecule has 1 N–H and O–H groups in total. The van der Waals surface area contributed by atoms with Crippen LogP contribution < -0.4 is 0 Å². The van der Waals surface area contributed by atoms with E-state index in [0.717, 1.165) is 32.4 Å². The summed E-state index contributed by atoms with van der Waals surface area (Å²) in [5.41, 5.74) is 0. The predicted molar refractivity (Wildman–Crippen MR) is 69.4 cm³/mol. The van der Waals surface area contributed by atoms with Crippen molar-refractivity contribution in [1.82, 2.24) is 9.80 Å². The Labute approximate surface area is 109 Å². The fourth-order valence-corrected chi connectivity index (χ4v) is 2.38. The maximum Gasteiger partial charge on any atom is 0.303 e. The number of hydrogen-bond donors (Lipinski definition) is 1. The molecule has 0 radical (unpaired) electrons. The Bertz CT molecular complexity index is 292. The molecule has 0 aromatic heterocycles. The molecule has 1 aliphatic heterocycles. The Morgan fingerprint density at radius 2 is 2.00 bits per heavy atom. The number of carboxylic acids is 1. The maximum atomic E-state index is 12.1. The third-order valence-corrected chi connectivity index (χ3v) is 3.41. The number of rotatable bonds is 6. The van der Waals surface area contributed by atoms with E-state index in [9.17, 15) is 9.59 Å². The van der Waals surface area contributed by atoms with Crippen LogP contribution in [0.25, 0.3) is 0 Å². The molecule has 18 heavy (non-hydrogen) atoms. The SMILES string of the molecule is CN(C)CCC(=O)N1CCCCC1CCC(=O)O. The van der Waals surface area contributed by atoms with Crippen molar-refractivity contribution in [1.29, 1.82) is 0 Å². The molecule has 1 unspecified atom stereocenters. The molecule has 0 aromatic rings. The lowest BCUT2D eigenvalue weighted by Crippen LogP contribution is -2.44. The van der Waals surface area contributed by atoms with Gasteiger partial charge < -0.3 is 14.9 Å². The van der Waals surface area contributed by atoms with Gasteiger partial charge in [0.1, 0.15) is 0 Å². The molecule has 1 saturated heterocycles. The number of carboxylic acid groups (broad SMARTS) is 1. The van der Waals surface area contributed by atoms with Gasteiger partial charge in [-0.2, -0.15) is 0 Å². The van der Waals surface area contributed by atoms with Gasteiger partial charge >= 0.3 is 5.97 Å². The number of aliphatic carboxylic acids is 1. The lowest BCUT2D eigenvalue weighted by atomic mass is 9.97. The van der Waals surface area contributed by atoms with Crippen LogP contribution in [0.4, 0.5) is 0 Å². The van der Waals surface area contributed by atoms with Crippen molar-refractivity contribution in [3.05, 3.63) is 0 Å². The molecule has 0 aliphatic carbocycles. The number of amides is 1. The van der Waals surface area contributed by atoms with Gasteiger partial charge in [0.2, 0.25) is 5.91 Å². The summed E-state index contributed by atoms with van der Waals surface area (Å²) in [5.74, 6) is -0.611. The topological polar surface area (TPSA) is 60.9 Å². The van der Waals surface area contributed by atoms with Crippen molar-refractivity contribution in [2.24, 2.45) is 0 Å². The van der Waals surface area contributed by atoms with Gasteiger partial charge in [0.05, 0.1) is 0 Å². The molecule has 0 saturated carbocycles. The highest BCUT2D eigenvalue weighted by molar-refractivity contribution is 5.77. The van der Waals surface area contributed by atoms with Crippen LogP contribution in [0.15, 0.2) is 0 Å². The smallest absolute Gasteiger partial charge is 0.303 e. The Kier molecular flexibility index (Phi) is 6.12. The molecule has 1 heterocycles. The molecule has 104 valence electrons. The van der Waals surface area contributed by atoms with Gasteiger partial charge in [0.25, 0.3) is 0 Å². The molecule has 0 aromatic carbocycles. The first-order valence-corrected chi connectivity index (χ1v) is 6.66.